The van der Waals surface area contributed by atoms with E-state index in [1.54, 1.807) is 0 Å². The van der Waals surface area contributed by atoms with Crippen LogP contribution in [0.3, 0.4) is 0 Å². The standard InChI is InChI=1S/C14H28N4/c1-2-8-16-14(15)18-11-6-13(7-12-18)17-9-4-3-5-10-17/h13H,2-12H2,1H3,(H2,15,16). The summed E-state index contributed by atoms with van der Waals surface area (Å²) in [6.07, 6.45) is 7.78. The lowest BCUT2D eigenvalue weighted by atomic mass is 10.0. The summed E-state index contributed by atoms with van der Waals surface area (Å²) in [5.41, 5.74) is 6.02. The second kappa shape index (κ2) is 6.98. The highest BCUT2D eigenvalue weighted by molar-refractivity contribution is 5.78. The van der Waals surface area contributed by atoms with Crippen LogP contribution in [0.25, 0.3) is 0 Å². The Hall–Kier alpha value is -0.770. The summed E-state index contributed by atoms with van der Waals surface area (Å²) in [5.74, 6) is 0.758. The van der Waals surface area contributed by atoms with Gasteiger partial charge in [0.25, 0.3) is 0 Å². The number of hydrogen-bond donors (Lipinski definition) is 1. The molecule has 0 unspecified atom stereocenters. The smallest absolute Gasteiger partial charge is 0.191 e. The van der Waals surface area contributed by atoms with Crippen LogP contribution in [0.15, 0.2) is 4.99 Å². The molecule has 2 N–H and O–H groups in total. The van der Waals surface area contributed by atoms with Gasteiger partial charge in [0.1, 0.15) is 0 Å². The Morgan fingerprint density at radius 3 is 2.39 bits per heavy atom. The predicted molar refractivity (Wildman–Crippen MR) is 76.8 cm³/mol. The molecule has 2 aliphatic heterocycles. The Kier molecular flexibility index (Phi) is 5.29. The van der Waals surface area contributed by atoms with Gasteiger partial charge >= 0.3 is 0 Å². The first-order valence-electron chi connectivity index (χ1n) is 7.60. The molecule has 0 bridgehead atoms. The molecule has 0 amide bonds. The molecule has 2 fully saturated rings. The van der Waals surface area contributed by atoms with E-state index in [0.29, 0.717) is 0 Å². The van der Waals surface area contributed by atoms with Crippen molar-refractivity contribution in [1.82, 2.24) is 9.80 Å². The van der Waals surface area contributed by atoms with Crippen molar-refractivity contribution in [2.24, 2.45) is 10.7 Å². The van der Waals surface area contributed by atoms with Crippen molar-refractivity contribution in [3.8, 4) is 0 Å². The van der Waals surface area contributed by atoms with Crippen LogP contribution in [0, 0.1) is 0 Å². The normalized spacial score (nSPS) is 24.5. The number of rotatable bonds is 3. The van der Waals surface area contributed by atoms with Crippen LogP contribution >= 0.6 is 0 Å². The molecule has 0 aliphatic carbocycles. The molecule has 0 radical (unpaired) electrons. The van der Waals surface area contributed by atoms with E-state index in [0.717, 1.165) is 38.1 Å². The highest BCUT2D eigenvalue weighted by Crippen LogP contribution is 2.20. The maximum absolute atomic E-state index is 6.02. The van der Waals surface area contributed by atoms with Crippen molar-refractivity contribution in [2.45, 2.75) is 51.5 Å². The number of nitrogens with zero attached hydrogens (tertiary/aromatic N) is 3. The van der Waals surface area contributed by atoms with E-state index in [-0.39, 0.29) is 0 Å². The molecule has 0 aromatic carbocycles. The van der Waals surface area contributed by atoms with Crippen LogP contribution in [0.5, 0.6) is 0 Å². The third-order valence-electron chi connectivity index (χ3n) is 4.19. The molecule has 2 rings (SSSR count). The fourth-order valence-corrected chi connectivity index (χ4v) is 3.07. The van der Waals surface area contributed by atoms with Crippen LogP contribution in [0.4, 0.5) is 0 Å². The topological polar surface area (TPSA) is 44.9 Å². The number of guanidine groups is 1. The van der Waals surface area contributed by atoms with Crippen LogP contribution in [-0.4, -0.2) is 54.5 Å². The van der Waals surface area contributed by atoms with Gasteiger partial charge in [0.2, 0.25) is 0 Å². The maximum atomic E-state index is 6.02. The van der Waals surface area contributed by atoms with E-state index in [1.807, 2.05) is 0 Å². The Morgan fingerprint density at radius 2 is 1.78 bits per heavy atom. The summed E-state index contributed by atoms with van der Waals surface area (Å²) in [6.45, 7) is 7.78. The zero-order valence-electron chi connectivity index (χ0n) is 11.8. The Bertz CT molecular complexity index is 263. The monoisotopic (exact) mass is 252 g/mol. The number of hydrogen-bond acceptors (Lipinski definition) is 2. The summed E-state index contributed by atoms with van der Waals surface area (Å²) < 4.78 is 0. The minimum absolute atomic E-state index is 0.758. The van der Waals surface area contributed by atoms with Crippen molar-refractivity contribution in [3.63, 3.8) is 0 Å². The lowest BCUT2D eigenvalue weighted by Crippen LogP contribution is -2.50. The molecule has 2 saturated heterocycles. The molecule has 0 atom stereocenters. The van der Waals surface area contributed by atoms with Gasteiger partial charge in [0.05, 0.1) is 0 Å². The predicted octanol–water partition coefficient (Wildman–Crippen LogP) is 1.66. The summed E-state index contributed by atoms with van der Waals surface area (Å²) >= 11 is 0. The van der Waals surface area contributed by atoms with E-state index in [9.17, 15) is 0 Å². The van der Waals surface area contributed by atoms with Crippen LogP contribution < -0.4 is 5.73 Å². The van der Waals surface area contributed by atoms with Gasteiger partial charge in [0, 0.05) is 25.7 Å². The van der Waals surface area contributed by atoms with Gasteiger partial charge in [-0.2, -0.15) is 0 Å². The van der Waals surface area contributed by atoms with E-state index in [2.05, 4.69) is 21.7 Å². The zero-order chi connectivity index (χ0) is 12.8. The summed E-state index contributed by atoms with van der Waals surface area (Å²) in [7, 11) is 0. The highest BCUT2D eigenvalue weighted by Gasteiger charge is 2.25. The third-order valence-corrected chi connectivity index (χ3v) is 4.19. The average Bonchev–Trinajstić information content (AvgIpc) is 2.46. The van der Waals surface area contributed by atoms with Gasteiger partial charge < -0.3 is 15.5 Å². The molecule has 104 valence electrons. The molecule has 0 aromatic heterocycles. The second-order valence-corrected chi connectivity index (χ2v) is 5.55. The van der Waals surface area contributed by atoms with Crippen molar-refractivity contribution in [1.29, 1.82) is 0 Å². The third kappa shape index (κ3) is 3.61. The van der Waals surface area contributed by atoms with Gasteiger partial charge in [-0.05, 0) is 45.2 Å². The van der Waals surface area contributed by atoms with E-state index in [4.69, 9.17) is 5.73 Å². The largest absolute Gasteiger partial charge is 0.370 e. The first-order valence-corrected chi connectivity index (χ1v) is 7.60. The van der Waals surface area contributed by atoms with Crippen molar-refractivity contribution in [3.05, 3.63) is 0 Å². The van der Waals surface area contributed by atoms with Crippen LogP contribution in [0.2, 0.25) is 0 Å². The van der Waals surface area contributed by atoms with Gasteiger partial charge in [0.15, 0.2) is 5.96 Å². The first kappa shape index (κ1) is 13.7. The van der Waals surface area contributed by atoms with Gasteiger partial charge in [-0.25, -0.2) is 0 Å². The van der Waals surface area contributed by atoms with Crippen LogP contribution in [-0.2, 0) is 0 Å². The second-order valence-electron chi connectivity index (χ2n) is 5.55. The van der Waals surface area contributed by atoms with Crippen molar-refractivity contribution in [2.75, 3.05) is 32.7 Å². The lowest BCUT2D eigenvalue weighted by Gasteiger charge is -2.40. The molecule has 4 nitrogen and oxygen atoms in total. The summed E-state index contributed by atoms with van der Waals surface area (Å²) in [5, 5.41) is 0. The van der Waals surface area contributed by atoms with Gasteiger partial charge in [-0.15, -0.1) is 0 Å². The molecule has 2 heterocycles. The molecule has 0 spiro atoms. The Morgan fingerprint density at radius 1 is 1.11 bits per heavy atom. The molecular formula is C14H28N4. The van der Waals surface area contributed by atoms with E-state index in [1.165, 1.54) is 45.2 Å². The molecule has 18 heavy (non-hydrogen) atoms. The SMILES string of the molecule is CCCN=C(N)N1CCC(N2CCCCC2)CC1. The molecule has 0 saturated carbocycles. The number of nitrogens with two attached hydrogens (primary N) is 1. The van der Waals surface area contributed by atoms with Crippen LogP contribution in [0.1, 0.15) is 45.4 Å². The highest BCUT2D eigenvalue weighted by atomic mass is 15.3. The molecule has 4 heteroatoms. The van der Waals surface area contributed by atoms with Crippen molar-refractivity contribution >= 4 is 5.96 Å². The molecular weight excluding hydrogens is 224 g/mol. The maximum Gasteiger partial charge on any atom is 0.191 e. The summed E-state index contributed by atoms with van der Waals surface area (Å²) in [4.78, 5) is 9.37. The molecule has 0 aromatic rings. The minimum Gasteiger partial charge on any atom is -0.370 e. The van der Waals surface area contributed by atoms with Crippen molar-refractivity contribution < 1.29 is 0 Å². The van der Waals surface area contributed by atoms with E-state index < -0.39 is 0 Å². The first-order chi connectivity index (χ1) is 8.81. The minimum atomic E-state index is 0.758. The zero-order valence-corrected chi connectivity index (χ0v) is 11.8. The fraction of sp³-hybridized carbons (Fsp3) is 0.929. The average molecular weight is 252 g/mol. The Balaban J connectivity index is 1.76. The summed E-state index contributed by atoms with van der Waals surface area (Å²) in [6, 6.07) is 0.792. The Labute approximate surface area is 111 Å². The number of aliphatic imine (C=N–C) groups is 1. The lowest BCUT2D eigenvalue weighted by molar-refractivity contribution is 0.114. The van der Waals surface area contributed by atoms with Gasteiger partial charge in [-0.1, -0.05) is 13.3 Å². The number of piperidine rings is 2. The van der Waals surface area contributed by atoms with Gasteiger partial charge in [-0.3, -0.25) is 4.99 Å². The molecule has 2 aliphatic rings. The quantitative estimate of drug-likeness (QED) is 0.614. The number of likely N-dealkylation sites (tertiary alicyclic amines) is 2. The van der Waals surface area contributed by atoms with E-state index >= 15 is 0 Å². The fourth-order valence-electron chi connectivity index (χ4n) is 3.07.